The Morgan fingerprint density at radius 3 is 2.56 bits per heavy atom. The first-order valence-electron chi connectivity index (χ1n) is 10.5. The molecule has 168 valence electrons. The van der Waals surface area contributed by atoms with Gasteiger partial charge in [-0.3, -0.25) is 0 Å². The number of aromatic nitrogens is 3. The van der Waals surface area contributed by atoms with E-state index in [4.69, 9.17) is 9.84 Å². The molecule has 2 aromatic heterocycles. The van der Waals surface area contributed by atoms with Crippen molar-refractivity contribution < 1.29 is 27.8 Å². The number of halogens is 3. The highest BCUT2D eigenvalue weighted by Gasteiger charge is 2.44. The van der Waals surface area contributed by atoms with Gasteiger partial charge in [0.15, 0.2) is 17.4 Å². The highest BCUT2D eigenvalue weighted by molar-refractivity contribution is 5.98. The predicted octanol–water partition coefficient (Wildman–Crippen LogP) is 4.15. The van der Waals surface area contributed by atoms with E-state index in [1.165, 1.54) is 6.07 Å². The molecule has 10 heteroatoms. The van der Waals surface area contributed by atoms with E-state index in [1.807, 2.05) is 30.3 Å². The third kappa shape index (κ3) is 3.58. The van der Waals surface area contributed by atoms with Gasteiger partial charge in [-0.2, -0.15) is 18.3 Å². The van der Waals surface area contributed by atoms with Crippen LogP contribution in [-0.2, 0) is 4.74 Å². The molecule has 3 heterocycles. The Morgan fingerprint density at radius 1 is 1.19 bits per heavy atom. The number of alkyl halides is 3. The number of para-hydroxylation sites is 1. The SMILES string of the molecule is O=C(O)c1cc(N2CCOC(C(F)(F)F)C2)c2c(C3CCC3)nn(-c3ccccc3)c2n1. The van der Waals surface area contributed by atoms with E-state index in [-0.39, 0.29) is 24.8 Å². The highest BCUT2D eigenvalue weighted by Crippen LogP contribution is 2.43. The number of morpholine rings is 1. The number of hydrogen-bond acceptors (Lipinski definition) is 5. The highest BCUT2D eigenvalue weighted by atomic mass is 19.4. The van der Waals surface area contributed by atoms with Gasteiger partial charge in [-0.05, 0) is 31.0 Å². The Morgan fingerprint density at radius 2 is 1.94 bits per heavy atom. The summed E-state index contributed by atoms with van der Waals surface area (Å²) >= 11 is 0. The van der Waals surface area contributed by atoms with Crippen molar-refractivity contribution in [2.75, 3.05) is 24.6 Å². The maximum Gasteiger partial charge on any atom is 0.416 e. The van der Waals surface area contributed by atoms with Gasteiger partial charge in [0, 0.05) is 12.5 Å². The van der Waals surface area contributed by atoms with Crippen LogP contribution in [0.25, 0.3) is 16.7 Å². The number of nitrogens with zero attached hydrogens (tertiary/aromatic N) is 4. The van der Waals surface area contributed by atoms with Crippen molar-refractivity contribution in [2.45, 2.75) is 37.5 Å². The number of carbonyl (C=O) groups is 1. The first-order valence-corrected chi connectivity index (χ1v) is 10.5. The van der Waals surface area contributed by atoms with E-state index >= 15 is 0 Å². The molecule has 1 saturated carbocycles. The number of rotatable bonds is 4. The van der Waals surface area contributed by atoms with Crippen molar-refractivity contribution in [1.82, 2.24) is 14.8 Å². The van der Waals surface area contributed by atoms with Crippen LogP contribution in [0.4, 0.5) is 18.9 Å². The summed E-state index contributed by atoms with van der Waals surface area (Å²) in [6.45, 7) is -0.310. The minimum Gasteiger partial charge on any atom is -0.477 e. The summed E-state index contributed by atoms with van der Waals surface area (Å²) in [5.74, 6) is -1.09. The summed E-state index contributed by atoms with van der Waals surface area (Å²) < 4.78 is 46.7. The van der Waals surface area contributed by atoms with E-state index in [1.54, 1.807) is 9.58 Å². The molecule has 5 rings (SSSR count). The topological polar surface area (TPSA) is 80.5 Å². The number of carboxylic acid groups (broad SMARTS) is 1. The van der Waals surface area contributed by atoms with E-state index < -0.39 is 24.8 Å². The van der Waals surface area contributed by atoms with Crippen molar-refractivity contribution in [2.24, 2.45) is 0 Å². The van der Waals surface area contributed by atoms with Crippen molar-refractivity contribution in [3.8, 4) is 5.69 Å². The number of aromatic carboxylic acids is 1. The lowest BCUT2D eigenvalue weighted by Crippen LogP contribution is -2.49. The van der Waals surface area contributed by atoms with Crippen LogP contribution in [-0.4, -0.2) is 57.8 Å². The van der Waals surface area contributed by atoms with Crippen molar-refractivity contribution in [3.05, 3.63) is 47.8 Å². The standard InChI is InChI=1S/C22H21F3N4O3/c23-22(24,25)17-12-28(9-10-32-17)16-11-15(21(30)31)26-20-18(16)19(13-5-4-6-13)27-29(20)14-7-2-1-3-8-14/h1-3,7-8,11,13,17H,4-6,9-10,12H2,(H,30,31). The third-order valence-electron chi connectivity index (χ3n) is 6.13. The van der Waals surface area contributed by atoms with Crippen LogP contribution in [0.3, 0.4) is 0 Å². The summed E-state index contributed by atoms with van der Waals surface area (Å²) in [5.41, 5.74) is 1.97. The molecular formula is C22H21F3N4O3. The molecule has 1 aromatic carbocycles. The van der Waals surface area contributed by atoms with Crippen LogP contribution in [0.2, 0.25) is 0 Å². The predicted molar refractivity (Wildman–Crippen MR) is 110 cm³/mol. The van der Waals surface area contributed by atoms with Crippen LogP contribution in [0.5, 0.6) is 0 Å². The van der Waals surface area contributed by atoms with Gasteiger partial charge in [-0.25, -0.2) is 14.5 Å². The third-order valence-corrected chi connectivity index (χ3v) is 6.13. The van der Waals surface area contributed by atoms with Gasteiger partial charge >= 0.3 is 12.1 Å². The molecule has 0 bridgehead atoms. The molecule has 1 N–H and O–H groups in total. The minimum absolute atomic E-state index is 0.109. The Balaban J connectivity index is 1.73. The fraction of sp³-hybridized carbons (Fsp3) is 0.409. The molecule has 2 aliphatic rings. The molecule has 7 nitrogen and oxygen atoms in total. The van der Waals surface area contributed by atoms with Crippen molar-refractivity contribution >= 4 is 22.7 Å². The maximum atomic E-state index is 13.4. The van der Waals surface area contributed by atoms with Crippen LogP contribution >= 0.6 is 0 Å². The summed E-state index contributed by atoms with van der Waals surface area (Å²) in [7, 11) is 0. The molecule has 0 spiro atoms. The average Bonchev–Trinajstić information content (AvgIpc) is 3.11. The second-order valence-corrected chi connectivity index (χ2v) is 8.14. The largest absolute Gasteiger partial charge is 0.477 e. The number of pyridine rings is 1. The van der Waals surface area contributed by atoms with Crippen molar-refractivity contribution in [1.29, 1.82) is 0 Å². The van der Waals surface area contributed by atoms with Gasteiger partial charge in [-0.15, -0.1) is 0 Å². The quantitative estimate of drug-likeness (QED) is 0.649. The lowest BCUT2D eigenvalue weighted by molar-refractivity contribution is -0.221. The van der Waals surface area contributed by atoms with Crippen LogP contribution in [0.15, 0.2) is 36.4 Å². The second-order valence-electron chi connectivity index (χ2n) is 8.14. The number of anilines is 1. The molecule has 1 saturated heterocycles. The Kier molecular flexibility index (Phi) is 5.04. The first kappa shape index (κ1) is 20.7. The number of carboxylic acids is 1. The summed E-state index contributed by atoms with van der Waals surface area (Å²) in [5, 5.41) is 15.1. The van der Waals surface area contributed by atoms with Gasteiger partial charge in [-0.1, -0.05) is 24.6 Å². The Hall–Kier alpha value is -3.14. The smallest absolute Gasteiger partial charge is 0.416 e. The maximum absolute atomic E-state index is 13.4. The molecule has 0 radical (unpaired) electrons. The van der Waals surface area contributed by atoms with Crippen LogP contribution < -0.4 is 4.90 Å². The van der Waals surface area contributed by atoms with Crippen LogP contribution in [0, 0.1) is 0 Å². The fourth-order valence-electron chi connectivity index (χ4n) is 4.26. The number of ether oxygens (including phenoxy) is 1. The van der Waals surface area contributed by atoms with Gasteiger partial charge in [0.2, 0.25) is 0 Å². The summed E-state index contributed by atoms with van der Waals surface area (Å²) in [6.07, 6.45) is -3.55. The van der Waals surface area contributed by atoms with Gasteiger partial charge in [0.1, 0.15) is 0 Å². The van der Waals surface area contributed by atoms with Crippen LogP contribution in [0.1, 0.15) is 41.4 Å². The molecule has 1 aliphatic carbocycles. The Labute approximate surface area is 181 Å². The van der Waals surface area contributed by atoms with Gasteiger partial charge < -0.3 is 14.7 Å². The lowest BCUT2D eigenvalue weighted by atomic mass is 9.82. The van der Waals surface area contributed by atoms with Gasteiger partial charge in [0.25, 0.3) is 0 Å². The molecule has 1 atom stereocenters. The zero-order chi connectivity index (χ0) is 22.5. The monoisotopic (exact) mass is 446 g/mol. The van der Waals surface area contributed by atoms with Gasteiger partial charge in [0.05, 0.1) is 35.6 Å². The zero-order valence-electron chi connectivity index (χ0n) is 17.0. The lowest BCUT2D eigenvalue weighted by Gasteiger charge is -2.36. The molecule has 32 heavy (non-hydrogen) atoms. The van der Waals surface area contributed by atoms with E-state index in [9.17, 15) is 23.1 Å². The molecule has 0 amide bonds. The number of benzene rings is 1. The Bertz CT molecular complexity index is 1160. The molecule has 3 aromatic rings. The minimum atomic E-state index is -4.51. The second kappa shape index (κ2) is 7.77. The van der Waals surface area contributed by atoms with E-state index in [0.717, 1.165) is 25.0 Å². The molecule has 1 aliphatic heterocycles. The van der Waals surface area contributed by atoms with E-state index in [0.29, 0.717) is 22.4 Å². The fourth-order valence-corrected chi connectivity index (χ4v) is 4.26. The molecule has 1 unspecified atom stereocenters. The summed E-state index contributed by atoms with van der Waals surface area (Å²) in [4.78, 5) is 17.8. The molecular weight excluding hydrogens is 425 g/mol. The normalized spacial score (nSPS) is 19.8. The van der Waals surface area contributed by atoms with E-state index in [2.05, 4.69) is 4.98 Å². The first-order chi connectivity index (χ1) is 15.3. The summed E-state index contributed by atoms with van der Waals surface area (Å²) in [6, 6.07) is 10.6. The number of hydrogen-bond donors (Lipinski definition) is 1. The molecule has 2 fully saturated rings. The number of fused-ring (bicyclic) bond motifs is 1. The zero-order valence-corrected chi connectivity index (χ0v) is 17.0. The average molecular weight is 446 g/mol. The van der Waals surface area contributed by atoms with Crippen molar-refractivity contribution in [3.63, 3.8) is 0 Å².